The Morgan fingerprint density at radius 3 is 2.03 bits per heavy atom. The number of hydrogen-bond acceptors (Lipinski definition) is 5. The maximum Gasteiger partial charge on any atom is 0.326 e. The van der Waals surface area contributed by atoms with Crippen molar-refractivity contribution in [3.63, 3.8) is 0 Å². The van der Waals surface area contributed by atoms with E-state index in [-0.39, 0.29) is 12.6 Å². The Morgan fingerprint density at radius 2 is 1.48 bits per heavy atom. The summed E-state index contributed by atoms with van der Waals surface area (Å²) in [5, 5.41) is 5.19. The van der Waals surface area contributed by atoms with Crippen LogP contribution in [0.2, 0.25) is 0 Å². The van der Waals surface area contributed by atoms with E-state index in [1.54, 1.807) is 36.4 Å². The van der Waals surface area contributed by atoms with E-state index in [0.717, 1.165) is 5.56 Å². The van der Waals surface area contributed by atoms with Crippen molar-refractivity contribution >= 4 is 23.5 Å². The molecular weight excluding hydrogens is 396 g/mol. The molecule has 166 valence electrons. The van der Waals surface area contributed by atoms with Crippen LogP contribution in [0.1, 0.15) is 56.5 Å². The van der Waals surface area contributed by atoms with Gasteiger partial charge in [-0.2, -0.15) is 0 Å². The smallest absolute Gasteiger partial charge is 0.326 e. The molecule has 7 nitrogen and oxygen atoms in total. The fourth-order valence-corrected chi connectivity index (χ4v) is 2.70. The number of carbonyl (C=O) groups is 3. The van der Waals surface area contributed by atoms with Gasteiger partial charge in [0.05, 0.1) is 6.10 Å². The average Bonchev–Trinajstić information content (AvgIpc) is 2.72. The Labute approximate surface area is 183 Å². The number of carbonyl (C=O) groups excluding carboxylic acids is 3. The maximum atomic E-state index is 12.2. The average molecular weight is 427 g/mol. The number of nitrogens with one attached hydrogen (secondary N) is 2. The predicted octanol–water partition coefficient (Wildman–Crippen LogP) is 3.90. The van der Waals surface area contributed by atoms with Crippen molar-refractivity contribution in [3.8, 4) is 5.75 Å². The zero-order chi connectivity index (χ0) is 23.0. The van der Waals surface area contributed by atoms with E-state index in [1.807, 2.05) is 26.0 Å². The molecule has 1 atom stereocenters. The molecule has 1 unspecified atom stereocenters. The topological polar surface area (TPSA) is 93.7 Å². The van der Waals surface area contributed by atoms with Crippen LogP contribution in [0.15, 0.2) is 48.5 Å². The molecule has 0 heterocycles. The van der Waals surface area contributed by atoms with Crippen LogP contribution in [0, 0.1) is 0 Å². The Bertz CT molecular complexity index is 889. The Balaban J connectivity index is 1.79. The highest BCUT2D eigenvalue weighted by molar-refractivity contribution is 5.97. The summed E-state index contributed by atoms with van der Waals surface area (Å²) >= 11 is 0. The fraction of sp³-hybridized carbons (Fsp3) is 0.375. The molecule has 0 aliphatic heterocycles. The molecule has 31 heavy (non-hydrogen) atoms. The number of benzene rings is 2. The van der Waals surface area contributed by atoms with Crippen LogP contribution in [0.3, 0.4) is 0 Å². The number of esters is 1. The molecule has 2 rings (SSSR count). The van der Waals surface area contributed by atoms with Crippen molar-refractivity contribution in [3.05, 3.63) is 59.7 Å². The maximum absolute atomic E-state index is 12.2. The lowest BCUT2D eigenvalue weighted by atomic mass is 10.0. The van der Waals surface area contributed by atoms with Gasteiger partial charge < -0.3 is 20.1 Å². The summed E-state index contributed by atoms with van der Waals surface area (Å²) in [6.45, 7) is 9.13. The van der Waals surface area contributed by atoms with Crippen molar-refractivity contribution < 1.29 is 23.9 Å². The zero-order valence-corrected chi connectivity index (χ0v) is 18.6. The Hall–Kier alpha value is -3.35. The normalized spacial score (nSPS) is 11.7. The first-order valence-electron chi connectivity index (χ1n) is 10.3. The molecule has 2 amide bonds. The van der Waals surface area contributed by atoms with Crippen LogP contribution in [-0.4, -0.2) is 36.5 Å². The molecule has 0 aliphatic rings. The SMILES string of the molecule is CC(C)Oc1ccc(C(=O)NCC(=O)OC(C)C(=O)Nc2ccc(C(C)C)cc2)cc1. The van der Waals surface area contributed by atoms with E-state index >= 15 is 0 Å². The minimum Gasteiger partial charge on any atom is -0.491 e. The fourth-order valence-electron chi connectivity index (χ4n) is 2.70. The van der Waals surface area contributed by atoms with Gasteiger partial charge >= 0.3 is 5.97 Å². The lowest BCUT2D eigenvalue weighted by Gasteiger charge is -2.14. The molecule has 0 fully saturated rings. The molecule has 0 aromatic heterocycles. The minimum atomic E-state index is -0.998. The van der Waals surface area contributed by atoms with Crippen LogP contribution in [-0.2, 0) is 14.3 Å². The first kappa shape index (κ1) is 23.9. The summed E-state index contributed by atoms with van der Waals surface area (Å²) in [5.41, 5.74) is 2.17. The standard InChI is InChI=1S/C24H30N2O5/c1-15(2)18-6-10-20(11-7-18)26-23(28)17(5)31-22(27)14-25-24(29)19-8-12-21(13-9-19)30-16(3)4/h6-13,15-17H,14H2,1-5H3,(H,25,29)(H,26,28). The number of ether oxygens (including phenoxy) is 2. The molecule has 0 aliphatic carbocycles. The van der Waals surface area contributed by atoms with E-state index in [1.165, 1.54) is 6.92 Å². The highest BCUT2D eigenvalue weighted by Crippen LogP contribution is 2.17. The number of rotatable bonds is 9. The molecule has 2 N–H and O–H groups in total. The Morgan fingerprint density at radius 1 is 0.871 bits per heavy atom. The van der Waals surface area contributed by atoms with E-state index < -0.39 is 23.9 Å². The molecule has 0 saturated carbocycles. The molecule has 0 radical (unpaired) electrons. The third kappa shape index (κ3) is 7.77. The van der Waals surface area contributed by atoms with Gasteiger partial charge in [0, 0.05) is 11.3 Å². The third-order valence-corrected chi connectivity index (χ3v) is 4.40. The third-order valence-electron chi connectivity index (χ3n) is 4.40. The van der Waals surface area contributed by atoms with Gasteiger partial charge in [-0.1, -0.05) is 26.0 Å². The molecule has 0 bridgehead atoms. The van der Waals surface area contributed by atoms with Gasteiger partial charge in [0.1, 0.15) is 12.3 Å². The van der Waals surface area contributed by atoms with Gasteiger partial charge in [-0.05, 0) is 68.7 Å². The van der Waals surface area contributed by atoms with E-state index in [4.69, 9.17) is 9.47 Å². The Kier molecular flexibility index (Phi) is 8.61. The second kappa shape index (κ2) is 11.2. The van der Waals surface area contributed by atoms with Crippen LogP contribution in [0.25, 0.3) is 0 Å². The largest absolute Gasteiger partial charge is 0.491 e. The van der Waals surface area contributed by atoms with Gasteiger partial charge in [-0.25, -0.2) is 0 Å². The van der Waals surface area contributed by atoms with Crippen molar-refractivity contribution in [2.45, 2.75) is 52.7 Å². The molecular formula is C24H30N2O5. The van der Waals surface area contributed by atoms with Crippen LogP contribution in [0.5, 0.6) is 5.75 Å². The first-order valence-corrected chi connectivity index (χ1v) is 10.3. The molecule has 0 saturated heterocycles. The molecule has 0 spiro atoms. The van der Waals surface area contributed by atoms with Gasteiger partial charge in [-0.15, -0.1) is 0 Å². The summed E-state index contributed by atoms with van der Waals surface area (Å²) < 4.78 is 10.6. The second-order valence-electron chi connectivity index (χ2n) is 7.77. The number of amides is 2. The van der Waals surface area contributed by atoms with Gasteiger partial charge in [-0.3, -0.25) is 14.4 Å². The van der Waals surface area contributed by atoms with Crippen molar-refractivity contribution in [1.82, 2.24) is 5.32 Å². The van der Waals surface area contributed by atoms with E-state index in [9.17, 15) is 14.4 Å². The highest BCUT2D eigenvalue weighted by Gasteiger charge is 2.19. The first-order chi connectivity index (χ1) is 14.7. The second-order valence-corrected chi connectivity index (χ2v) is 7.77. The highest BCUT2D eigenvalue weighted by atomic mass is 16.5. The van der Waals surface area contributed by atoms with Crippen molar-refractivity contribution in [1.29, 1.82) is 0 Å². The molecule has 7 heteroatoms. The number of anilines is 1. The molecule has 2 aromatic rings. The monoisotopic (exact) mass is 426 g/mol. The molecule has 2 aromatic carbocycles. The van der Waals surface area contributed by atoms with Crippen LogP contribution in [0.4, 0.5) is 5.69 Å². The van der Waals surface area contributed by atoms with E-state index in [0.29, 0.717) is 22.9 Å². The van der Waals surface area contributed by atoms with Crippen LogP contribution >= 0.6 is 0 Å². The lowest BCUT2D eigenvalue weighted by Crippen LogP contribution is -2.35. The van der Waals surface area contributed by atoms with Crippen molar-refractivity contribution in [2.24, 2.45) is 0 Å². The minimum absolute atomic E-state index is 0.0352. The van der Waals surface area contributed by atoms with Crippen molar-refractivity contribution in [2.75, 3.05) is 11.9 Å². The quantitative estimate of drug-likeness (QED) is 0.593. The van der Waals surface area contributed by atoms with E-state index in [2.05, 4.69) is 24.5 Å². The van der Waals surface area contributed by atoms with Gasteiger partial charge in [0.15, 0.2) is 6.10 Å². The summed E-state index contributed by atoms with van der Waals surface area (Å²) in [6.07, 6.45) is -0.963. The van der Waals surface area contributed by atoms with Gasteiger partial charge in [0.2, 0.25) is 0 Å². The zero-order valence-electron chi connectivity index (χ0n) is 18.6. The summed E-state index contributed by atoms with van der Waals surface area (Å²) in [4.78, 5) is 36.4. The predicted molar refractivity (Wildman–Crippen MR) is 119 cm³/mol. The summed E-state index contributed by atoms with van der Waals surface area (Å²) in [7, 11) is 0. The summed E-state index contributed by atoms with van der Waals surface area (Å²) in [6, 6.07) is 14.1. The van der Waals surface area contributed by atoms with Crippen LogP contribution < -0.4 is 15.4 Å². The van der Waals surface area contributed by atoms with Gasteiger partial charge in [0.25, 0.3) is 11.8 Å². The summed E-state index contributed by atoms with van der Waals surface area (Å²) in [5.74, 6) is -0.519. The number of hydrogen-bond donors (Lipinski definition) is 2. The lowest BCUT2D eigenvalue weighted by molar-refractivity contribution is -0.152.